The second-order valence-corrected chi connectivity index (χ2v) is 9.72. The van der Waals surface area contributed by atoms with E-state index in [4.69, 9.17) is 9.47 Å². The zero-order chi connectivity index (χ0) is 24.4. The van der Waals surface area contributed by atoms with Gasteiger partial charge in [0.2, 0.25) is 0 Å². The van der Waals surface area contributed by atoms with Gasteiger partial charge in [-0.25, -0.2) is 14.4 Å². The Balaban J connectivity index is 1.26. The molecule has 0 saturated carbocycles. The van der Waals surface area contributed by atoms with Gasteiger partial charge in [-0.3, -0.25) is 0 Å². The molecule has 0 spiro atoms. The Bertz CT molecular complexity index is 1190. The third kappa shape index (κ3) is 5.18. The standard InChI is InChI=1S/C27H34FN5O2/c1-18-13-20(5-6-22(18)28)31-27-21-14-26(25(34-3)15-23(21)29-17-30-27)35-12-4-9-33-11-8-19-7-10-32(2)24(19)16-33/h5-6,13-15,17,19,24H,4,7-12,16H2,1-3H3,(H,29,30,31). The molecule has 1 N–H and O–H groups in total. The van der Waals surface area contributed by atoms with Crippen LogP contribution in [-0.2, 0) is 0 Å². The van der Waals surface area contributed by atoms with Crippen LogP contribution in [0.4, 0.5) is 15.9 Å². The fourth-order valence-electron chi connectivity index (χ4n) is 5.39. The third-order valence-corrected chi connectivity index (χ3v) is 7.44. The number of hydrogen-bond acceptors (Lipinski definition) is 7. The van der Waals surface area contributed by atoms with Crippen molar-refractivity contribution in [3.05, 3.63) is 48.0 Å². The van der Waals surface area contributed by atoms with E-state index in [0.717, 1.165) is 42.0 Å². The van der Waals surface area contributed by atoms with Gasteiger partial charge >= 0.3 is 0 Å². The Hall–Kier alpha value is -2.97. The second kappa shape index (κ2) is 10.3. The smallest absolute Gasteiger partial charge is 0.162 e. The topological polar surface area (TPSA) is 62.8 Å². The first-order valence-electron chi connectivity index (χ1n) is 12.4. The zero-order valence-electron chi connectivity index (χ0n) is 20.8. The van der Waals surface area contributed by atoms with Crippen molar-refractivity contribution in [1.29, 1.82) is 0 Å². The van der Waals surface area contributed by atoms with Crippen LogP contribution in [-0.4, -0.2) is 72.8 Å². The molecule has 35 heavy (non-hydrogen) atoms. The molecule has 2 aromatic carbocycles. The van der Waals surface area contributed by atoms with E-state index in [-0.39, 0.29) is 5.82 Å². The average Bonchev–Trinajstić information content (AvgIpc) is 3.24. The number of likely N-dealkylation sites (N-methyl/N-ethyl adjacent to an activating group) is 1. The third-order valence-electron chi connectivity index (χ3n) is 7.44. The molecule has 0 bridgehead atoms. The van der Waals surface area contributed by atoms with Gasteiger partial charge in [-0.2, -0.15) is 0 Å². The Morgan fingerprint density at radius 1 is 1.11 bits per heavy atom. The number of halogens is 1. The van der Waals surface area contributed by atoms with Crippen molar-refractivity contribution in [3.63, 3.8) is 0 Å². The lowest BCUT2D eigenvalue weighted by atomic mass is 9.92. The van der Waals surface area contributed by atoms with Crippen LogP contribution in [0.2, 0.25) is 0 Å². The maximum absolute atomic E-state index is 13.7. The number of hydrogen-bond donors (Lipinski definition) is 1. The number of nitrogens with one attached hydrogen (secondary N) is 1. The summed E-state index contributed by atoms with van der Waals surface area (Å²) in [4.78, 5) is 13.9. The molecule has 2 fully saturated rings. The lowest BCUT2D eigenvalue weighted by Crippen LogP contribution is -2.47. The van der Waals surface area contributed by atoms with Gasteiger partial charge < -0.3 is 24.6 Å². The summed E-state index contributed by atoms with van der Waals surface area (Å²) in [5.41, 5.74) is 2.08. The number of likely N-dealkylation sites (tertiary alicyclic amines) is 2. The average molecular weight is 480 g/mol. The number of fused-ring (bicyclic) bond motifs is 2. The molecule has 0 aliphatic carbocycles. The predicted octanol–water partition coefficient (Wildman–Crippen LogP) is 4.62. The Morgan fingerprint density at radius 2 is 1.97 bits per heavy atom. The quantitative estimate of drug-likeness (QED) is 0.473. The van der Waals surface area contributed by atoms with Crippen molar-refractivity contribution in [1.82, 2.24) is 19.8 Å². The highest BCUT2D eigenvalue weighted by Crippen LogP contribution is 2.35. The van der Waals surface area contributed by atoms with Gasteiger partial charge in [0.25, 0.3) is 0 Å². The molecule has 2 aliphatic rings. The molecule has 3 heterocycles. The first kappa shape index (κ1) is 23.8. The summed E-state index contributed by atoms with van der Waals surface area (Å²) < 4.78 is 25.4. The van der Waals surface area contributed by atoms with E-state index in [0.29, 0.717) is 35.5 Å². The number of aryl methyl sites for hydroxylation is 1. The van der Waals surface area contributed by atoms with Gasteiger partial charge in [-0.05, 0) is 82.1 Å². The number of aromatic nitrogens is 2. The van der Waals surface area contributed by atoms with Crippen molar-refractivity contribution < 1.29 is 13.9 Å². The highest BCUT2D eigenvalue weighted by molar-refractivity contribution is 5.93. The number of benzene rings is 2. The van der Waals surface area contributed by atoms with E-state index >= 15 is 0 Å². The van der Waals surface area contributed by atoms with Gasteiger partial charge in [-0.15, -0.1) is 0 Å². The van der Waals surface area contributed by atoms with Crippen LogP contribution >= 0.6 is 0 Å². The van der Waals surface area contributed by atoms with E-state index in [1.54, 1.807) is 26.2 Å². The van der Waals surface area contributed by atoms with Crippen LogP contribution in [0.5, 0.6) is 11.5 Å². The van der Waals surface area contributed by atoms with Gasteiger partial charge in [0, 0.05) is 36.3 Å². The van der Waals surface area contributed by atoms with Crippen LogP contribution in [0.1, 0.15) is 24.8 Å². The second-order valence-electron chi connectivity index (χ2n) is 9.72. The molecule has 8 heteroatoms. The fraction of sp³-hybridized carbons (Fsp3) is 0.481. The monoisotopic (exact) mass is 479 g/mol. The molecular formula is C27H34FN5O2. The molecule has 2 atom stereocenters. The number of ether oxygens (including phenoxy) is 2. The van der Waals surface area contributed by atoms with Crippen LogP contribution in [0.25, 0.3) is 10.9 Å². The SMILES string of the molecule is COc1cc2ncnc(Nc3ccc(F)c(C)c3)c2cc1OCCCN1CCC2CCN(C)C2C1. The van der Waals surface area contributed by atoms with Crippen molar-refractivity contribution in [2.45, 2.75) is 32.2 Å². The first-order valence-corrected chi connectivity index (χ1v) is 12.4. The molecule has 2 saturated heterocycles. The van der Waals surface area contributed by atoms with E-state index in [1.165, 1.54) is 38.3 Å². The number of anilines is 2. The Morgan fingerprint density at radius 3 is 2.80 bits per heavy atom. The highest BCUT2D eigenvalue weighted by Gasteiger charge is 2.36. The molecule has 2 unspecified atom stereocenters. The lowest BCUT2D eigenvalue weighted by molar-refractivity contribution is 0.113. The predicted molar refractivity (Wildman–Crippen MR) is 136 cm³/mol. The Labute approximate surface area is 206 Å². The summed E-state index contributed by atoms with van der Waals surface area (Å²) in [5, 5.41) is 4.10. The molecular weight excluding hydrogens is 445 g/mol. The summed E-state index contributed by atoms with van der Waals surface area (Å²) >= 11 is 0. The van der Waals surface area contributed by atoms with Gasteiger partial charge in [0.05, 0.1) is 19.2 Å². The lowest BCUT2D eigenvalue weighted by Gasteiger charge is -2.37. The molecule has 186 valence electrons. The number of nitrogens with zero attached hydrogens (tertiary/aromatic N) is 4. The normalized spacial score (nSPS) is 20.7. The molecule has 5 rings (SSSR count). The van der Waals surface area contributed by atoms with Crippen molar-refractivity contribution in [3.8, 4) is 11.5 Å². The number of piperidine rings is 1. The molecule has 0 amide bonds. The first-order chi connectivity index (χ1) is 17.0. The molecule has 0 radical (unpaired) electrons. The van der Waals surface area contributed by atoms with Crippen LogP contribution in [0, 0.1) is 18.7 Å². The van der Waals surface area contributed by atoms with Gasteiger partial charge in [0.15, 0.2) is 11.5 Å². The Kier molecular flexibility index (Phi) is 7.02. The van der Waals surface area contributed by atoms with Crippen molar-refractivity contribution in [2.24, 2.45) is 5.92 Å². The van der Waals surface area contributed by atoms with Crippen LogP contribution in [0.15, 0.2) is 36.7 Å². The van der Waals surface area contributed by atoms with Gasteiger partial charge in [0.1, 0.15) is 18.0 Å². The van der Waals surface area contributed by atoms with E-state index in [2.05, 4.69) is 32.1 Å². The van der Waals surface area contributed by atoms with E-state index in [9.17, 15) is 4.39 Å². The minimum atomic E-state index is -0.233. The van der Waals surface area contributed by atoms with Crippen molar-refractivity contribution in [2.75, 3.05) is 52.3 Å². The minimum Gasteiger partial charge on any atom is -0.493 e. The molecule has 3 aromatic rings. The summed E-state index contributed by atoms with van der Waals surface area (Å²) in [5.74, 6) is 2.59. The summed E-state index contributed by atoms with van der Waals surface area (Å²) in [6.07, 6.45) is 5.11. The molecule has 7 nitrogen and oxygen atoms in total. The van der Waals surface area contributed by atoms with Crippen LogP contribution in [0.3, 0.4) is 0 Å². The maximum atomic E-state index is 13.7. The van der Waals surface area contributed by atoms with Gasteiger partial charge in [-0.1, -0.05) is 0 Å². The number of methoxy groups -OCH3 is 1. The van der Waals surface area contributed by atoms with Crippen molar-refractivity contribution >= 4 is 22.4 Å². The summed E-state index contributed by atoms with van der Waals surface area (Å²) in [6, 6.07) is 9.41. The zero-order valence-corrected chi connectivity index (χ0v) is 20.8. The van der Waals surface area contributed by atoms with E-state index in [1.807, 2.05) is 12.1 Å². The minimum absolute atomic E-state index is 0.233. The van der Waals surface area contributed by atoms with E-state index < -0.39 is 0 Å². The summed E-state index contributed by atoms with van der Waals surface area (Å²) in [7, 11) is 3.89. The highest BCUT2D eigenvalue weighted by atomic mass is 19.1. The van der Waals surface area contributed by atoms with Crippen LogP contribution < -0.4 is 14.8 Å². The molecule has 2 aliphatic heterocycles. The number of rotatable bonds is 8. The maximum Gasteiger partial charge on any atom is 0.162 e. The fourth-order valence-corrected chi connectivity index (χ4v) is 5.39. The molecule has 1 aromatic heterocycles. The summed E-state index contributed by atoms with van der Waals surface area (Å²) in [6.45, 7) is 6.96. The largest absolute Gasteiger partial charge is 0.493 e.